The van der Waals surface area contributed by atoms with Gasteiger partial charge >= 0.3 is 0 Å². The zero-order valence-corrected chi connectivity index (χ0v) is 11.3. The van der Waals surface area contributed by atoms with Crippen LogP contribution in [0.2, 0.25) is 0 Å². The van der Waals surface area contributed by atoms with Crippen LogP contribution < -0.4 is 0 Å². The maximum absolute atomic E-state index is 12.3. The van der Waals surface area contributed by atoms with Crippen LogP contribution in [0.1, 0.15) is 22.8 Å². The summed E-state index contributed by atoms with van der Waals surface area (Å²) in [6, 6.07) is 8.00. The molecule has 1 aromatic carbocycles. The number of hydrogen-bond acceptors (Lipinski definition) is 2. The lowest BCUT2D eigenvalue weighted by Crippen LogP contribution is -2.54. The molecule has 0 atom stereocenters. The Morgan fingerprint density at radius 1 is 1.22 bits per heavy atom. The largest absolute Gasteiger partial charge is 0.370 e. The fraction of sp³-hybridized carbons (Fsp3) is 0.533. The van der Waals surface area contributed by atoms with Crippen molar-refractivity contribution in [2.24, 2.45) is 0 Å². The Bertz CT molecular complexity index is 405. The van der Waals surface area contributed by atoms with E-state index < -0.39 is 0 Å². The highest BCUT2D eigenvalue weighted by Crippen LogP contribution is 2.12. The highest BCUT2D eigenvalue weighted by molar-refractivity contribution is 5.97. The molecule has 0 spiro atoms. The summed E-state index contributed by atoms with van der Waals surface area (Å²) < 4.78 is 6.16. The van der Waals surface area contributed by atoms with E-state index in [2.05, 4.69) is 14.0 Å². The van der Waals surface area contributed by atoms with Gasteiger partial charge in [-0.2, -0.15) is 0 Å². The van der Waals surface area contributed by atoms with Crippen molar-refractivity contribution in [3.63, 3.8) is 0 Å². The minimum absolute atomic E-state index is 0.238. The fourth-order valence-electron chi connectivity index (χ4n) is 2.31. The first kappa shape index (κ1) is 13.2. The second kappa shape index (κ2) is 5.63. The van der Waals surface area contributed by atoms with Crippen molar-refractivity contribution < 1.29 is 14.0 Å². The Labute approximate surface area is 109 Å². The lowest BCUT2D eigenvalue weighted by Gasteiger charge is -2.36. The number of carbonyl (C=O) groups excluding carboxylic acids is 1. The summed E-state index contributed by atoms with van der Waals surface area (Å²) in [5.41, 5.74) is 2.11. The average molecular weight is 248 g/mol. The van der Waals surface area contributed by atoms with Crippen molar-refractivity contribution in [1.29, 1.82) is 0 Å². The number of Topliss-reactive ketones (excluding diaryl/α,β-unsaturated/α-hetero) is 1. The summed E-state index contributed by atoms with van der Waals surface area (Å²) in [4.78, 5) is 12.3. The van der Waals surface area contributed by atoms with Gasteiger partial charge in [0.15, 0.2) is 0 Å². The molecule has 18 heavy (non-hydrogen) atoms. The topological polar surface area (TPSA) is 26.3 Å². The SMILES string of the molecule is CCc1ccc(C(=O)C[N+]2(C)CCOCC2)cc1. The standard InChI is InChI=1S/C15H22NO2/c1-3-13-4-6-14(7-5-13)15(17)12-16(2)8-10-18-11-9-16/h4-7H,3,8-12H2,1-2H3/q+1. The third-order valence-electron chi connectivity index (χ3n) is 3.76. The first-order valence-electron chi connectivity index (χ1n) is 6.66. The summed E-state index contributed by atoms with van der Waals surface area (Å²) in [5, 5.41) is 0. The fourth-order valence-corrected chi connectivity index (χ4v) is 2.31. The second-order valence-electron chi connectivity index (χ2n) is 5.31. The molecule has 1 aromatic rings. The van der Waals surface area contributed by atoms with Crippen LogP contribution in [0.15, 0.2) is 24.3 Å². The van der Waals surface area contributed by atoms with Crippen LogP contribution in [0, 0.1) is 0 Å². The smallest absolute Gasteiger partial charge is 0.216 e. The molecule has 98 valence electrons. The first-order valence-corrected chi connectivity index (χ1v) is 6.66. The van der Waals surface area contributed by atoms with E-state index in [4.69, 9.17) is 4.74 Å². The van der Waals surface area contributed by atoms with Gasteiger partial charge in [0, 0.05) is 5.56 Å². The Kier molecular flexibility index (Phi) is 4.15. The van der Waals surface area contributed by atoms with Gasteiger partial charge in [0.1, 0.15) is 19.6 Å². The number of nitrogens with zero attached hydrogens (tertiary/aromatic N) is 1. The van der Waals surface area contributed by atoms with Crippen molar-refractivity contribution >= 4 is 5.78 Å². The highest BCUT2D eigenvalue weighted by Gasteiger charge is 2.28. The van der Waals surface area contributed by atoms with E-state index in [1.807, 2.05) is 24.3 Å². The third kappa shape index (κ3) is 3.18. The summed E-state index contributed by atoms with van der Waals surface area (Å²) in [7, 11) is 2.14. The Morgan fingerprint density at radius 3 is 2.39 bits per heavy atom. The van der Waals surface area contributed by atoms with Gasteiger partial charge in [-0.05, 0) is 12.0 Å². The van der Waals surface area contributed by atoms with E-state index in [-0.39, 0.29) is 5.78 Å². The van der Waals surface area contributed by atoms with Gasteiger partial charge in [-0.1, -0.05) is 31.2 Å². The number of ether oxygens (including phenoxy) is 1. The molecule has 1 aliphatic rings. The number of ketones is 1. The van der Waals surface area contributed by atoms with Gasteiger partial charge in [-0.15, -0.1) is 0 Å². The molecular formula is C15H22NO2+. The number of aryl methyl sites for hydroxylation is 1. The minimum atomic E-state index is 0.238. The van der Waals surface area contributed by atoms with E-state index in [0.717, 1.165) is 42.8 Å². The van der Waals surface area contributed by atoms with E-state index in [1.165, 1.54) is 5.56 Å². The number of carbonyl (C=O) groups is 1. The number of benzene rings is 1. The zero-order chi connectivity index (χ0) is 13.0. The number of rotatable bonds is 4. The van der Waals surface area contributed by atoms with Crippen LogP contribution in [0.3, 0.4) is 0 Å². The number of likely N-dealkylation sites (N-methyl/N-ethyl adjacent to an activating group) is 1. The van der Waals surface area contributed by atoms with E-state index in [1.54, 1.807) is 0 Å². The van der Waals surface area contributed by atoms with E-state index >= 15 is 0 Å². The van der Waals surface area contributed by atoms with Gasteiger partial charge in [0.2, 0.25) is 5.78 Å². The summed E-state index contributed by atoms with van der Waals surface area (Å²) in [6.45, 7) is 6.08. The molecule has 1 heterocycles. The number of morpholine rings is 1. The summed E-state index contributed by atoms with van der Waals surface area (Å²) in [6.07, 6.45) is 1.01. The number of quaternary nitrogens is 1. The maximum Gasteiger partial charge on any atom is 0.216 e. The van der Waals surface area contributed by atoms with Gasteiger partial charge in [0.05, 0.1) is 20.3 Å². The Hall–Kier alpha value is -1.19. The average Bonchev–Trinajstić information content (AvgIpc) is 2.39. The molecule has 3 nitrogen and oxygen atoms in total. The third-order valence-corrected chi connectivity index (χ3v) is 3.76. The molecule has 0 aromatic heterocycles. The molecule has 0 N–H and O–H groups in total. The van der Waals surface area contributed by atoms with Crippen molar-refractivity contribution in [2.75, 3.05) is 39.9 Å². The summed E-state index contributed by atoms with van der Waals surface area (Å²) in [5.74, 6) is 0.238. The van der Waals surface area contributed by atoms with Crippen LogP contribution in [0.4, 0.5) is 0 Å². The maximum atomic E-state index is 12.3. The second-order valence-corrected chi connectivity index (χ2v) is 5.31. The summed E-state index contributed by atoms with van der Waals surface area (Å²) >= 11 is 0. The van der Waals surface area contributed by atoms with Crippen LogP contribution >= 0.6 is 0 Å². The van der Waals surface area contributed by atoms with Gasteiger partial charge < -0.3 is 9.22 Å². The molecule has 1 saturated heterocycles. The number of hydrogen-bond donors (Lipinski definition) is 0. The van der Waals surface area contributed by atoms with E-state index in [0.29, 0.717) is 6.54 Å². The van der Waals surface area contributed by atoms with Crippen LogP contribution in [0.5, 0.6) is 0 Å². The molecule has 3 heteroatoms. The molecule has 0 bridgehead atoms. The first-order chi connectivity index (χ1) is 8.63. The molecule has 0 radical (unpaired) electrons. The normalized spacial score (nSPS) is 18.6. The van der Waals surface area contributed by atoms with E-state index in [9.17, 15) is 4.79 Å². The van der Waals surface area contributed by atoms with Crippen molar-refractivity contribution in [2.45, 2.75) is 13.3 Å². The molecule has 1 fully saturated rings. The van der Waals surface area contributed by atoms with Gasteiger partial charge in [-0.3, -0.25) is 4.79 Å². The molecule has 0 aliphatic carbocycles. The van der Waals surface area contributed by atoms with Gasteiger partial charge in [0.25, 0.3) is 0 Å². The molecule has 0 unspecified atom stereocenters. The monoisotopic (exact) mass is 248 g/mol. The Morgan fingerprint density at radius 2 is 1.83 bits per heavy atom. The lowest BCUT2D eigenvalue weighted by atomic mass is 10.1. The van der Waals surface area contributed by atoms with Crippen molar-refractivity contribution in [3.05, 3.63) is 35.4 Å². The molecule has 2 rings (SSSR count). The molecule has 0 saturated carbocycles. The minimum Gasteiger partial charge on any atom is -0.370 e. The predicted octanol–water partition coefficient (Wildman–Crippen LogP) is 1.91. The Balaban J connectivity index is 2.02. The molecule has 1 aliphatic heterocycles. The predicted molar refractivity (Wildman–Crippen MR) is 71.8 cm³/mol. The molecule has 0 amide bonds. The van der Waals surface area contributed by atoms with Crippen LogP contribution in [0.25, 0.3) is 0 Å². The van der Waals surface area contributed by atoms with Crippen molar-refractivity contribution in [1.82, 2.24) is 0 Å². The molecular weight excluding hydrogens is 226 g/mol. The quantitative estimate of drug-likeness (QED) is 0.601. The zero-order valence-electron chi connectivity index (χ0n) is 11.3. The van der Waals surface area contributed by atoms with Gasteiger partial charge in [-0.25, -0.2) is 0 Å². The van der Waals surface area contributed by atoms with Crippen LogP contribution in [-0.2, 0) is 11.2 Å². The van der Waals surface area contributed by atoms with Crippen LogP contribution in [-0.4, -0.2) is 50.2 Å². The highest BCUT2D eigenvalue weighted by atomic mass is 16.5. The lowest BCUT2D eigenvalue weighted by molar-refractivity contribution is -0.908. The van der Waals surface area contributed by atoms with Crippen molar-refractivity contribution in [3.8, 4) is 0 Å².